The molecule has 0 bridgehead atoms. The lowest BCUT2D eigenvalue weighted by atomic mass is 9.79. The van der Waals surface area contributed by atoms with E-state index in [1.807, 2.05) is 25.7 Å². The highest BCUT2D eigenvalue weighted by atomic mass is 35.5. The van der Waals surface area contributed by atoms with Gasteiger partial charge < -0.3 is 14.5 Å². The van der Waals surface area contributed by atoms with Crippen LogP contribution in [0.2, 0.25) is 5.02 Å². The fraction of sp³-hybridized carbons (Fsp3) is 0.556. The monoisotopic (exact) mass is 482 g/mol. The van der Waals surface area contributed by atoms with E-state index in [4.69, 9.17) is 21.3 Å². The van der Waals surface area contributed by atoms with Gasteiger partial charge in [-0.05, 0) is 51.7 Å². The molecule has 4 heterocycles. The fourth-order valence-electron chi connectivity index (χ4n) is 5.55. The Balaban J connectivity index is 1.28. The van der Waals surface area contributed by atoms with Gasteiger partial charge in [0, 0.05) is 56.8 Å². The van der Waals surface area contributed by atoms with Crippen LogP contribution in [0.25, 0.3) is 0 Å². The lowest BCUT2D eigenvalue weighted by Gasteiger charge is -2.47. The highest BCUT2D eigenvalue weighted by molar-refractivity contribution is 6.32. The molecule has 0 saturated carbocycles. The minimum Gasteiger partial charge on any atom is -0.444 e. The molecule has 6 nitrogen and oxygen atoms in total. The molecule has 2 aromatic rings. The Morgan fingerprint density at radius 2 is 1.88 bits per heavy atom. The SMILES string of the molecule is Cc1c(N2CCC3(CN(C(=O)OC(C)(C)C)C3)C2)nc2c(c1Cl)CCN(Cc1ccccc1)C2. The molecule has 0 radical (unpaired) electrons. The maximum Gasteiger partial charge on any atom is 0.410 e. The van der Waals surface area contributed by atoms with E-state index in [9.17, 15) is 4.79 Å². The number of hydrogen-bond acceptors (Lipinski definition) is 5. The average molecular weight is 483 g/mol. The summed E-state index contributed by atoms with van der Waals surface area (Å²) in [6, 6.07) is 10.6. The smallest absolute Gasteiger partial charge is 0.410 e. The predicted molar refractivity (Wildman–Crippen MR) is 135 cm³/mol. The van der Waals surface area contributed by atoms with Crippen molar-refractivity contribution in [3.05, 3.63) is 57.7 Å². The number of carbonyl (C=O) groups excluding carboxylic acids is 1. The number of nitrogens with zero attached hydrogens (tertiary/aromatic N) is 4. The summed E-state index contributed by atoms with van der Waals surface area (Å²) < 4.78 is 5.54. The van der Waals surface area contributed by atoms with Crippen molar-refractivity contribution in [3.8, 4) is 0 Å². The molecule has 182 valence electrons. The van der Waals surface area contributed by atoms with Crippen LogP contribution in [0.4, 0.5) is 10.6 Å². The van der Waals surface area contributed by atoms with Gasteiger partial charge >= 0.3 is 6.09 Å². The largest absolute Gasteiger partial charge is 0.444 e. The van der Waals surface area contributed by atoms with Crippen LogP contribution in [0.1, 0.15) is 49.6 Å². The van der Waals surface area contributed by atoms with Gasteiger partial charge in [-0.1, -0.05) is 41.9 Å². The first kappa shape index (κ1) is 23.4. The molecular weight excluding hydrogens is 448 g/mol. The number of anilines is 1. The van der Waals surface area contributed by atoms with Crippen molar-refractivity contribution in [1.82, 2.24) is 14.8 Å². The summed E-state index contributed by atoms with van der Waals surface area (Å²) >= 11 is 6.89. The molecule has 3 aliphatic rings. The fourth-order valence-corrected chi connectivity index (χ4v) is 5.84. The van der Waals surface area contributed by atoms with Crippen molar-refractivity contribution < 1.29 is 9.53 Å². The van der Waals surface area contributed by atoms with Crippen LogP contribution in [0.5, 0.6) is 0 Å². The molecule has 2 saturated heterocycles. The highest BCUT2D eigenvalue weighted by Gasteiger charge is 2.50. The molecule has 1 spiro atoms. The number of benzene rings is 1. The Hall–Kier alpha value is -2.31. The van der Waals surface area contributed by atoms with Gasteiger partial charge in [-0.3, -0.25) is 4.90 Å². The summed E-state index contributed by atoms with van der Waals surface area (Å²) in [5.74, 6) is 1.01. The molecule has 0 N–H and O–H groups in total. The van der Waals surface area contributed by atoms with Crippen molar-refractivity contribution in [1.29, 1.82) is 0 Å². The van der Waals surface area contributed by atoms with E-state index in [1.54, 1.807) is 0 Å². The molecule has 2 fully saturated rings. The Morgan fingerprint density at radius 3 is 2.59 bits per heavy atom. The van der Waals surface area contributed by atoms with Crippen LogP contribution < -0.4 is 4.90 Å². The van der Waals surface area contributed by atoms with E-state index in [2.05, 4.69) is 47.1 Å². The second kappa shape index (κ2) is 8.72. The van der Waals surface area contributed by atoms with Crippen LogP contribution >= 0.6 is 11.6 Å². The maximum absolute atomic E-state index is 12.4. The number of amides is 1. The van der Waals surface area contributed by atoms with E-state index in [0.717, 1.165) is 80.8 Å². The summed E-state index contributed by atoms with van der Waals surface area (Å²) in [5.41, 5.74) is 4.39. The number of ether oxygens (including phenoxy) is 1. The molecule has 0 atom stereocenters. The number of hydrogen-bond donors (Lipinski definition) is 0. The number of rotatable bonds is 3. The zero-order chi connectivity index (χ0) is 24.1. The van der Waals surface area contributed by atoms with E-state index in [1.165, 1.54) is 11.1 Å². The minimum atomic E-state index is -0.461. The molecule has 1 amide bonds. The normalized spacial score (nSPS) is 19.8. The third-order valence-electron chi connectivity index (χ3n) is 7.26. The second-order valence-electron chi connectivity index (χ2n) is 11.3. The molecule has 7 heteroatoms. The first-order valence-electron chi connectivity index (χ1n) is 12.3. The standard InChI is InChI=1S/C27H35ClN4O2/c1-19-23(28)21-10-12-30(14-20-8-6-5-7-9-20)15-22(21)29-24(19)31-13-11-27(16-31)17-32(18-27)25(33)34-26(2,3)4/h5-9H,10-18H2,1-4H3. The number of aromatic nitrogens is 1. The lowest BCUT2D eigenvalue weighted by molar-refractivity contribution is -0.0266. The number of likely N-dealkylation sites (tertiary alicyclic amines) is 1. The van der Waals surface area contributed by atoms with Gasteiger partial charge in [0.05, 0.1) is 10.7 Å². The number of pyridine rings is 1. The molecule has 0 unspecified atom stereocenters. The Bertz CT molecular complexity index is 1080. The van der Waals surface area contributed by atoms with E-state index < -0.39 is 5.60 Å². The number of fused-ring (bicyclic) bond motifs is 1. The number of carbonyl (C=O) groups is 1. The van der Waals surface area contributed by atoms with Crippen molar-refractivity contribution in [2.75, 3.05) is 37.6 Å². The van der Waals surface area contributed by atoms with Crippen LogP contribution in [0.3, 0.4) is 0 Å². The second-order valence-corrected chi connectivity index (χ2v) is 11.6. The van der Waals surface area contributed by atoms with Gasteiger partial charge in [0.25, 0.3) is 0 Å². The summed E-state index contributed by atoms with van der Waals surface area (Å²) in [5, 5.41) is 0.879. The average Bonchev–Trinajstić information content (AvgIpc) is 3.20. The van der Waals surface area contributed by atoms with Crippen molar-refractivity contribution >= 4 is 23.5 Å². The van der Waals surface area contributed by atoms with E-state index in [-0.39, 0.29) is 11.5 Å². The van der Waals surface area contributed by atoms with Gasteiger partial charge in [0.2, 0.25) is 0 Å². The van der Waals surface area contributed by atoms with Crippen LogP contribution in [0, 0.1) is 12.3 Å². The number of halogens is 1. The van der Waals surface area contributed by atoms with Gasteiger partial charge in [0.15, 0.2) is 0 Å². The molecule has 34 heavy (non-hydrogen) atoms. The van der Waals surface area contributed by atoms with E-state index in [0.29, 0.717) is 0 Å². The summed E-state index contributed by atoms with van der Waals surface area (Å²) in [7, 11) is 0. The third-order valence-corrected chi connectivity index (χ3v) is 7.77. The minimum absolute atomic E-state index is 0.132. The van der Waals surface area contributed by atoms with E-state index >= 15 is 0 Å². The first-order chi connectivity index (χ1) is 16.1. The molecule has 3 aliphatic heterocycles. The Kier molecular flexibility index (Phi) is 6.01. The van der Waals surface area contributed by atoms with Crippen molar-refractivity contribution in [2.24, 2.45) is 5.41 Å². The molecule has 0 aliphatic carbocycles. The Labute approximate surface area is 207 Å². The van der Waals surface area contributed by atoms with Crippen LogP contribution in [0.15, 0.2) is 30.3 Å². The first-order valence-corrected chi connectivity index (χ1v) is 12.7. The van der Waals surface area contributed by atoms with Gasteiger partial charge in [-0.2, -0.15) is 0 Å². The van der Waals surface area contributed by atoms with Crippen LogP contribution in [-0.2, 0) is 24.2 Å². The van der Waals surface area contributed by atoms with Gasteiger partial charge in [-0.25, -0.2) is 9.78 Å². The molecular formula is C27H35ClN4O2. The quantitative estimate of drug-likeness (QED) is 0.612. The lowest BCUT2D eigenvalue weighted by Crippen LogP contribution is -2.60. The summed E-state index contributed by atoms with van der Waals surface area (Å²) in [6.45, 7) is 13.9. The zero-order valence-electron chi connectivity index (χ0n) is 20.7. The van der Waals surface area contributed by atoms with Gasteiger partial charge in [-0.15, -0.1) is 0 Å². The summed E-state index contributed by atoms with van der Waals surface area (Å²) in [6.07, 6.45) is 1.79. The zero-order valence-corrected chi connectivity index (χ0v) is 21.5. The van der Waals surface area contributed by atoms with Crippen molar-refractivity contribution in [2.45, 2.75) is 59.2 Å². The van der Waals surface area contributed by atoms with Gasteiger partial charge in [0.1, 0.15) is 11.4 Å². The Morgan fingerprint density at radius 1 is 1.15 bits per heavy atom. The van der Waals surface area contributed by atoms with Crippen LogP contribution in [-0.4, -0.2) is 59.2 Å². The van der Waals surface area contributed by atoms with Crippen molar-refractivity contribution in [3.63, 3.8) is 0 Å². The third kappa shape index (κ3) is 4.63. The predicted octanol–water partition coefficient (Wildman–Crippen LogP) is 5.05. The topological polar surface area (TPSA) is 48.9 Å². The summed E-state index contributed by atoms with van der Waals surface area (Å²) in [4.78, 5) is 24.2. The molecule has 1 aromatic carbocycles. The molecule has 1 aromatic heterocycles. The maximum atomic E-state index is 12.4. The molecule has 5 rings (SSSR count). The highest BCUT2D eigenvalue weighted by Crippen LogP contribution is 2.43.